The molecule has 7 heteroatoms. The van der Waals surface area contributed by atoms with Crippen LogP contribution in [-0.2, 0) is 24.1 Å². The number of carbonyl (C=O) groups excluding carboxylic acids is 1. The van der Waals surface area contributed by atoms with Crippen molar-refractivity contribution < 1.29 is 4.79 Å². The molecule has 112 valence electrons. The lowest BCUT2D eigenvalue weighted by molar-refractivity contribution is -0.131. The summed E-state index contributed by atoms with van der Waals surface area (Å²) < 4.78 is 0. The van der Waals surface area contributed by atoms with Crippen molar-refractivity contribution in [3.05, 3.63) is 37.7 Å². The maximum Gasteiger partial charge on any atom is 0.267 e. The second kappa shape index (κ2) is 5.85. The fraction of sp³-hybridized carbons (Fsp3) is 0.500. The van der Waals surface area contributed by atoms with E-state index in [2.05, 4.69) is 15.2 Å². The molecule has 3 heterocycles. The Kier molecular flexibility index (Phi) is 3.92. The molecule has 1 amide bonds. The van der Waals surface area contributed by atoms with E-state index in [9.17, 15) is 9.59 Å². The number of nitrogens with one attached hydrogen (secondary N) is 2. The second-order valence-electron chi connectivity index (χ2n) is 5.28. The van der Waals surface area contributed by atoms with Crippen molar-refractivity contribution >= 4 is 17.2 Å². The minimum atomic E-state index is -0.0559. The van der Waals surface area contributed by atoms with Crippen LogP contribution in [0.25, 0.3) is 0 Å². The van der Waals surface area contributed by atoms with Crippen LogP contribution in [0.5, 0.6) is 0 Å². The minimum absolute atomic E-state index is 0.0559. The Morgan fingerprint density at radius 2 is 2.19 bits per heavy atom. The summed E-state index contributed by atoms with van der Waals surface area (Å²) in [6, 6.07) is 0. The Labute approximate surface area is 126 Å². The second-order valence-corrected chi connectivity index (χ2v) is 6.22. The number of rotatable bonds is 3. The Hall–Kier alpha value is -1.89. The van der Waals surface area contributed by atoms with Gasteiger partial charge in [-0.15, -0.1) is 11.3 Å². The van der Waals surface area contributed by atoms with E-state index in [1.165, 1.54) is 4.88 Å². The smallest absolute Gasteiger partial charge is 0.267 e. The number of nitrogens with zero attached hydrogens (tertiary/aromatic N) is 2. The van der Waals surface area contributed by atoms with Crippen LogP contribution in [0.2, 0.25) is 0 Å². The number of aromatic amines is 2. The van der Waals surface area contributed by atoms with Crippen molar-refractivity contribution in [3.8, 4) is 0 Å². The zero-order chi connectivity index (χ0) is 14.8. The van der Waals surface area contributed by atoms with Crippen molar-refractivity contribution in [2.45, 2.75) is 32.6 Å². The maximum atomic E-state index is 12.3. The molecule has 2 aromatic rings. The average Bonchev–Trinajstić information content (AvgIpc) is 2.96. The normalized spacial score (nSPS) is 14.8. The van der Waals surface area contributed by atoms with Crippen LogP contribution in [-0.4, -0.2) is 39.1 Å². The van der Waals surface area contributed by atoms with Crippen molar-refractivity contribution in [1.29, 1.82) is 0 Å². The molecule has 0 atom stereocenters. The lowest BCUT2D eigenvalue weighted by Gasteiger charge is -2.20. The number of aryl methyl sites for hydroxylation is 2. The van der Waals surface area contributed by atoms with E-state index in [1.54, 1.807) is 11.3 Å². The highest BCUT2D eigenvalue weighted by molar-refractivity contribution is 7.09. The molecule has 2 aromatic heterocycles. The summed E-state index contributed by atoms with van der Waals surface area (Å²) in [4.78, 5) is 31.2. The van der Waals surface area contributed by atoms with Crippen LogP contribution in [0.3, 0.4) is 0 Å². The average molecular weight is 306 g/mol. The van der Waals surface area contributed by atoms with Crippen LogP contribution in [0.4, 0.5) is 0 Å². The molecule has 0 fully saturated rings. The molecule has 6 nitrogen and oxygen atoms in total. The monoisotopic (exact) mass is 306 g/mol. The van der Waals surface area contributed by atoms with E-state index in [4.69, 9.17) is 0 Å². The molecule has 0 aliphatic carbocycles. The first-order valence-electron chi connectivity index (χ1n) is 7.10. The third-order valence-electron chi connectivity index (χ3n) is 3.99. The van der Waals surface area contributed by atoms with Crippen LogP contribution in [0.15, 0.2) is 10.3 Å². The zero-order valence-electron chi connectivity index (χ0n) is 11.9. The topological polar surface area (TPSA) is 81.8 Å². The summed E-state index contributed by atoms with van der Waals surface area (Å²) in [5, 5.41) is 5.52. The van der Waals surface area contributed by atoms with Gasteiger partial charge in [0.2, 0.25) is 5.91 Å². The molecule has 3 rings (SSSR count). The van der Waals surface area contributed by atoms with E-state index in [0.29, 0.717) is 32.4 Å². The number of thiazole rings is 1. The van der Waals surface area contributed by atoms with Gasteiger partial charge in [0, 0.05) is 42.1 Å². The summed E-state index contributed by atoms with van der Waals surface area (Å²) in [6.07, 6.45) is 2.59. The Morgan fingerprint density at radius 3 is 2.95 bits per heavy atom. The number of amides is 1. The fourth-order valence-corrected chi connectivity index (χ4v) is 3.48. The van der Waals surface area contributed by atoms with Crippen molar-refractivity contribution in [2.75, 3.05) is 13.1 Å². The van der Waals surface area contributed by atoms with Gasteiger partial charge in [-0.3, -0.25) is 14.7 Å². The number of fused-ring (bicyclic) bond motifs is 1. The van der Waals surface area contributed by atoms with Gasteiger partial charge in [0.05, 0.1) is 11.2 Å². The van der Waals surface area contributed by atoms with Crippen LogP contribution in [0, 0.1) is 6.92 Å². The third kappa shape index (κ3) is 2.92. The van der Waals surface area contributed by atoms with Crippen molar-refractivity contribution in [3.63, 3.8) is 0 Å². The standard InChI is InChI=1S/C14H18N4O2S/c1-9-12(21-8-15-9)2-3-13(19)18-6-4-10-11(5-7-18)16-17-14(10)20/h8H,2-7H2,1H3,(H2,16,17,20). The van der Waals surface area contributed by atoms with Crippen molar-refractivity contribution in [1.82, 2.24) is 20.1 Å². The van der Waals surface area contributed by atoms with Crippen LogP contribution in [0.1, 0.15) is 28.2 Å². The van der Waals surface area contributed by atoms with E-state index in [0.717, 1.165) is 23.4 Å². The molecule has 0 saturated heterocycles. The first-order chi connectivity index (χ1) is 10.1. The van der Waals surface area contributed by atoms with Gasteiger partial charge in [-0.05, 0) is 19.8 Å². The van der Waals surface area contributed by atoms with E-state index in [-0.39, 0.29) is 11.5 Å². The quantitative estimate of drug-likeness (QED) is 0.888. The minimum Gasteiger partial charge on any atom is -0.342 e. The summed E-state index contributed by atoms with van der Waals surface area (Å²) in [5.41, 5.74) is 4.52. The lowest BCUT2D eigenvalue weighted by Crippen LogP contribution is -2.33. The van der Waals surface area contributed by atoms with Gasteiger partial charge in [-0.2, -0.15) is 0 Å². The number of aromatic nitrogens is 3. The van der Waals surface area contributed by atoms with Gasteiger partial charge in [0.1, 0.15) is 0 Å². The number of H-pyrrole nitrogens is 2. The van der Waals surface area contributed by atoms with Crippen molar-refractivity contribution in [2.24, 2.45) is 0 Å². The molecule has 0 aromatic carbocycles. The summed E-state index contributed by atoms with van der Waals surface area (Å²) in [6.45, 7) is 3.26. The summed E-state index contributed by atoms with van der Waals surface area (Å²) in [5.74, 6) is 0.157. The molecular formula is C14H18N4O2S. The Bertz CT molecular complexity index is 700. The van der Waals surface area contributed by atoms with Crippen LogP contribution >= 0.6 is 11.3 Å². The Morgan fingerprint density at radius 1 is 1.38 bits per heavy atom. The fourth-order valence-electron chi connectivity index (χ4n) is 2.70. The highest BCUT2D eigenvalue weighted by Gasteiger charge is 2.21. The van der Waals surface area contributed by atoms with E-state index in [1.807, 2.05) is 17.3 Å². The third-order valence-corrected chi connectivity index (χ3v) is 4.99. The zero-order valence-corrected chi connectivity index (χ0v) is 12.8. The lowest BCUT2D eigenvalue weighted by atomic mass is 10.1. The number of hydrogen-bond acceptors (Lipinski definition) is 4. The molecule has 0 saturated carbocycles. The first-order valence-corrected chi connectivity index (χ1v) is 7.98. The molecule has 0 radical (unpaired) electrons. The number of hydrogen-bond donors (Lipinski definition) is 2. The molecule has 0 unspecified atom stereocenters. The van der Waals surface area contributed by atoms with Gasteiger partial charge >= 0.3 is 0 Å². The molecular weight excluding hydrogens is 288 g/mol. The molecule has 0 spiro atoms. The van der Waals surface area contributed by atoms with Crippen LogP contribution < -0.4 is 5.56 Å². The van der Waals surface area contributed by atoms with Gasteiger partial charge in [-0.1, -0.05) is 0 Å². The first kappa shape index (κ1) is 14.1. The summed E-state index contributed by atoms with van der Waals surface area (Å²) >= 11 is 1.60. The highest BCUT2D eigenvalue weighted by atomic mass is 32.1. The Balaban J connectivity index is 1.59. The maximum absolute atomic E-state index is 12.3. The van der Waals surface area contributed by atoms with Gasteiger partial charge in [-0.25, -0.2) is 4.98 Å². The molecule has 0 bridgehead atoms. The van der Waals surface area contributed by atoms with Gasteiger partial charge < -0.3 is 10.00 Å². The molecule has 1 aliphatic heterocycles. The van der Waals surface area contributed by atoms with E-state index >= 15 is 0 Å². The number of carbonyl (C=O) groups is 1. The predicted octanol–water partition coefficient (Wildman–Crippen LogP) is 1.03. The largest absolute Gasteiger partial charge is 0.342 e. The SMILES string of the molecule is Cc1ncsc1CCC(=O)N1CCc2[nH][nH]c(=O)c2CC1. The van der Waals surface area contributed by atoms with E-state index < -0.39 is 0 Å². The highest BCUT2D eigenvalue weighted by Crippen LogP contribution is 2.16. The van der Waals surface area contributed by atoms with Gasteiger partial charge in [0.25, 0.3) is 5.56 Å². The predicted molar refractivity (Wildman–Crippen MR) is 80.6 cm³/mol. The summed E-state index contributed by atoms with van der Waals surface area (Å²) in [7, 11) is 0. The molecule has 2 N–H and O–H groups in total. The molecule has 21 heavy (non-hydrogen) atoms. The molecule has 1 aliphatic rings. The van der Waals surface area contributed by atoms with Gasteiger partial charge in [0.15, 0.2) is 0 Å².